The van der Waals surface area contributed by atoms with Crippen LogP contribution in [-0.2, 0) is 9.31 Å². The molecule has 2 aliphatic rings. The predicted octanol–water partition coefficient (Wildman–Crippen LogP) is 4.40. The van der Waals surface area contributed by atoms with Gasteiger partial charge in [-0.2, -0.15) is 5.10 Å². The first kappa shape index (κ1) is 25.6. The molecule has 4 aromatic rings. The fourth-order valence-corrected chi connectivity index (χ4v) is 5.02. The second kappa shape index (κ2) is 9.53. The Kier molecular flexibility index (Phi) is 6.27. The number of anilines is 1. The van der Waals surface area contributed by atoms with E-state index >= 15 is 0 Å². The van der Waals surface area contributed by atoms with Crippen LogP contribution < -0.4 is 10.4 Å². The Bertz CT molecular complexity index is 1520. The van der Waals surface area contributed by atoms with Gasteiger partial charge in [0.1, 0.15) is 17.7 Å². The minimum atomic E-state index is -0.455. The van der Waals surface area contributed by atoms with Crippen molar-refractivity contribution in [2.24, 2.45) is 0 Å². The van der Waals surface area contributed by atoms with Gasteiger partial charge in [-0.25, -0.2) is 23.9 Å². The molecule has 1 unspecified atom stereocenters. The monoisotopic (exact) mass is 526 g/mol. The van der Waals surface area contributed by atoms with Gasteiger partial charge in [0, 0.05) is 43.1 Å². The Morgan fingerprint density at radius 2 is 1.67 bits per heavy atom. The van der Waals surface area contributed by atoms with Crippen LogP contribution in [0.25, 0.3) is 11.1 Å². The Hall–Kier alpha value is -3.63. The zero-order valence-electron chi connectivity index (χ0n) is 22.9. The van der Waals surface area contributed by atoms with Crippen molar-refractivity contribution in [1.82, 2.24) is 24.6 Å². The number of fused-ring (bicyclic) bond motifs is 1. The van der Waals surface area contributed by atoms with Gasteiger partial charge in [-0.1, -0.05) is 25.1 Å². The molecule has 10 heteroatoms. The molecule has 0 radical (unpaired) electrons. The van der Waals surface area contributed by atoms with Gasteiger partial charge in [0.05, 0.1) is 11.2 Å². The Morgan fingerprint density at radius 1 is 0.974 bits per heavy atom. The van der Waals surface area contributed by atoms with Crippen molar-refractivity contribution in [3.05, 3.63) is 84.1 Å². The van der Waals surface area contributed by atoms with Gasteiger partial charge in [-0.3, -0.25) is 0 Å². The summed E-state index contributed by atoms with van der Waals surface area (Å²) < 4.78 is 27.6. The normalized spacial score (nSPS) is 19.4. The summed E-state index contributed by atoms with van der Waals surface area (Å²) >= 11 is 0. The first-order valence-corrected chi connectivity index (χ1v) is 13.3. The number of aromatic nitrogens is 5. The standard InChI is InChI=1S/C29H32BFN6O2/c1-19(20-6-8-24(31)9-7-20)22-15-32-26(33-16-22)21-10-12-36(13-11-21)27-25-14-23(17-37(25)35-18-34-27)30-38-28(2,3)29(4,5)39-30/h6-10,14-19H,11-13H2,1-5H3. The average molecular weight is 526 g/mol. The van der Waals surface area contributed by atoms with Gasteiger partial charge < -0.3 is 14.2 Å². The van der Waals surface area contributed by atoms with Gasteiger partial charge in [-0.05, 0) is 69.0 Å². The third kappa shape index (κ3) is 4.72. The molecule has 6 rings (SSSR count). The smallest absolute Gasteiger partial charge is 0.399 e. The van der Waals surface area contributed by atoms with Gasteiger partial charge in [0.25, 0.3) is 0 Å². The molecule has 1 fully saturated rings. The summed E-state index contributed by atoms with van der Waals surface area (Å²) in [5, 5.41) is 4.43. The Labute approximate surface area is 228 Å². The highest BCUT2D eigenvalue weighted by Gasteiger charge is 2.52. The van der Waals surface area contributed by atoms with Crippen LogP contribution in [0.4, 0.5) is 10.2 Å². The quantitative estimate of drug-likeness (QED) is 0.357. The lowest BCUT2D eigenvalue weighted by atomic mass is 9.81. The lowest BCUT2D eigenvalue weighted by molar-refractivity contribution is 0.00578. The van der Waals surface area contributed by atoms with Crippen molar-refractivity contribution < 1.29 is 13.7 Å². The second-order valence-electron chi connectivity index (χ2n) is 11.3. The fourth-order valence-electron chi connectivity index (χ4n) is 5.02. The van der Waals surface area contributed by atoms with E-state index in [2.05, 4.69) is 71.7 Å². The van der Waals surface area contributed by atoms with E-state index in [1.54, 1.807) is 18.5 Å². The maximum absolute atomic E-state index is 13.3. The topological polar surface area (TPSA) is 77.7 Å². The zero-order chi connectivity index (χ0) is 27.4. The lowest BCUT2D eigenvalue weighted by Gasteiger charge is -2.32. The van der Waals surface area contributed by atoms with Crippen LogP contribution in [0.5, 0.6) is 0 Å². The third-order valence-corrected chi connectivity index (χ3v) is 8.27. The van der Waals surface area contributed by atoms with E-state index in [9.17, 15) is 4.39 Å². The van der Waals surface area contributed by atoms with Crippen LogP contribution in [0.1, 0.15) is 63.9 Å². The summed E-state index contributed by atoms with van der Waals surface area (Å²) in [5.41, 5.74) is 4.16. The van der Waals surface area contributed by atoms with Crippen molar-refractivity contribution in [3.8, 4) is 0 Å². The van der Waals surface area contributed by atoms with Crippen molar-refractivity contribution in [1.29, 1.82) is 0 Å². The highest BCUT2D eigenvalue weighted by Crippen LogP contribution is 2.37. The molecule has 39 heavy (non-hydrogen) atoms. The highest BCUT2D eigenvalue weighted by atomic mass is 19.1. The average Bonchev–Trinajstić information content (AvgIpc) is 3.46. The largest absolute Gasteiger partial charge is 0.496 e. The molecule has 1 saturated heterocycles. The molecule has 8 nitrogen and oxygen atoms in total. The molecule has 0 saturated carbocycles. The Balaban J connectivity index is 1.18. The van der Waals surface area contributed by atoms with Crippen LogP contribution in [0.2, 0.25) is 0 Å². The van der Waals surface area contributed by atoms with Gasteiger partial charge >= 0.3 is 7.12 Å². The van der Waals surface area contributed by atoms with Crippen LogP contribution in [0.15, 0.2) is 61.3 Å². The number of nitrogens with zero attached hydrogens (tertiary/aromatic N) is 6. The maximum Gasteiger partial charge on any atom is 0.496 e. The summed E-state index contributed by atoms with van der Waals surface area (Å²) in [4.78, 5) is 16.2. The van der Waals surface area contributed by atoms with Crippen LogP contribution >= 0.6 is 0 Å². The summed E-state index contributed by atoms with van der Waals surface area (Å²) in [6, 6.07) is 8.63. The Morgan fingerprint density at radius 3 is 2.31 bits per heavy atom. The highest BCUT2D eigenvalue weighted by molar-refractivity contribution is 6.62. The molecule has 200 valence electrons. The number of hydrogen-bond acceptors (Lipinski definition) is 7. The number of halogens is 1. The van der Waals surface area contributed by atoms with Crippen molar-refractivity contribution in [3.63, 3.8) is 0 Å². The molecule has 0 aliphatic carbocycles. The van der Waals surface area contributed by atoms with E-state index in [1.165, 1.54) is 12.1 Å². The molecule has 0 N–H and O–H groups in total. The molecular weight excluding hydrogens is 494 g/mol. The van der Waals surface area contributed by atoms with E-state index < -0.39 is 18.3 Å². The zero-order valence-corrected chi connectivity index (χ0v) is 22.9. The predicted molar refractivity (Wildman–Crippen MR) is 149 cm³/mol. The van der Waals surface area contributed by atoms with E-state index in [4.69, 9.17) is 9.31 Å². The maximum atomic E-state index is 13.3. The first-order chi connectivity index (χ1) is 18.6. The molecule has 2 aliphatic heterocycles. The van der Waals surface area contributed by atoms with E-state index in [-0.39, 0.29) is 11.7 Å². The minimum Gasteiger partial charge on any atom is -0.399 e. The van der Waals surface area contributed by atoms with Crippen molar-refractivity contribution in [2.75, 3.05) is 18.0 Å². The lowest BCUT2D eigenvalue weighted by Crippen LogP contribution is -2.41. The van der Waals surface area contributed by atoms with Gasteiger partial charge in [0.2, 0.25) is 0 Å². The summed E-state index contributed by atoms with van der Waals surface area (Å²) in [5.74, 6) is 1.45. The number of benzene rings is 1. The SMILES string of the molecule is CC(c1ccc(F)cc1)c1cnc(C2=CCN(c3ncnn4cc(B5OC(C)(C)C(C)(C)O5)cc34)CC2)nc1. The molecule has 0 bridgehead atoms. The van der Waals surface area contributed by atoms with Crippen molar-refractivity contribution in [2.45, 2.75) is 58.2 Å². The number of hydrogen-bond donors (Lipinski definition) is 0. The summed E-state index contributed by atoms with van der Waals surface area (Å²) in [7, 11) is -0.455. The molecule has 0 spiro atoms. The molecule has 1 atom stereocenters. The van der Waals surface area contributed by atoms with Crippen LogP contribution in [0, 0.1) is 5.82 Å². The minimum absolute atomic E-state index is 0.0831. The van der Waals surface area contributed by atoms with E-state index in [0.29, 0.717) is 6.54 Å². The molecule has 1 aromatic carbocycles. The third-order valence-electron chi connectivity index (χ3n) is 8.27. The first-order valence-electron chi connectivity index (χ1n) is 13.3. The fraction of sp³-hybridized carbons (Fsp3) is 0.379. The molecule has 5 heterocycles. The summed E-state index contributed by atoms with van der Waals surface area (Å²) in [6.45, 7) is 11.8. The number of rotatable bonds is 5. The van der Waals surface area contributed by atoms with Crippen LogP contribution in [0.3, 0.4) is 0 Å². The molecule has 0 amide bonds. The van der Waals surface area contributed by atoms with Crippen LogP contribution in [-0.4, -0.2) is 56.0 Å². The van der Waals surface area contributed by atoms with Crippen molar-refractivity contribution >= 4 is 29.5 Å². The van der Waals surface area contributed by atoms with E-state index in [1.807, 2.05) is 23.1 Å². The second-order valence-corrected chi connectivity index (χ2v) is 11.3. The summed E-state index contributed by atoms with van der Waals surface area (Å²) in [6.07, 6.45) is 10.2. The van der Waals surface area contributed by atoms with E-state index in [0.717, 1.165) is 52.3 Å². The molecular formula is C29H32BFN6O2. The molecule has 3 aromatic heterocycles. The van der Waals surface area contributed by atoms with Gasteiger partial charge in [-0.15, -0.1) is 0 Å². The van der Waals surface area contributed by atoms with Gasteiger partial charge in [0.15, 0.2) is 11.6 Å².